The molecular weight excluding hydrogens is 429 g/mol. The first-order valence-electron chi connectivity index (χ1n) is 9.76. The van der Waals surface area contributed by atoms with E-state index in [9.17, 15) is 22.8 Å². The fraction of sp³-hybridized carbons (Fsp3) is 0.304. The van der Waals surface area contributed by atoms with E-state index in [4.69, 9.17) is 11.6 Å². The topological polar surface area (TPSA) is 49.4 Å². The van der Waals surface area contributed by atoms with Crippen molar-refractivity contribution in [2.24, 2.45) is 5.41 Å². The van der Waals surface area contributed by atoms with Crippen molar-refractivity contribution in [1.29, 1.82) is 0 Å². The zero-order valence-corrected chi connectivity index (χ0v) is 17.6. The third kappa shape index (κ3) is 3.94. The largest absolute Gasteiger partial charge is 0.471 e. The predicted molar refractivity (Wildman–Crippen MR) is 113 cm³/mol. The number of ketones is 1. The Labute approximate surface area is 182 Å². The molecule has 1 aliphatic carbocycles. The normalized spacial score (nSPS) is 20.5. The van der Waals surface area contributed by atoms with Gasteiger partial charge in [-0.05, 0) is 41.7 Å². The second-order valence-corrected chi connectivity index (χ2v) is 9.04. The van der Waals surface area contributed by atoms with Crippen LogP contribution in [0.3, 0.4) is 0 Å². The summed E-state index contributed by atoms with van der Waals surface area (Å²) < 4.78 is 41.2. The first-order chi connectivity index (χ1) is 14.5. The van der Waals surface area contributed by atoms with Crippen molar-refractivity contribution in [2.75, 3.05) is 10.2 Å². The van der Waals surface area contributed by atoms with Crippen LogP contribution in [0.15, 0.2) is 59.8 Å². The molecule has 0 saturated carbocycles. The number of hydrogen-bond donors (Lipinski definition) is 1. The predicted octanol–water partition coefficient (Wildman–Crippen LogP) is 6.05. The van der Waals surface area contributed by atoms with E-state index >= 15 is 0 Å². The van der Waals surface area contributed by atoms with E-state index in [1.807, 2.05) is 13.8 Å². The first-order valence-corrected chi connectivity index (χ1v) is 10.1. The van der Waals surface area contributed by atoms with Crippen molar-refractivity contribution in [3.05, 3.63) is 70.4 Å². The van der Waals surface area contributed by atoms with Crippen molar-refractivity contribution in [1.82, 2.24) is 0 Å². The molecule has 1 amide bonds. The number of hydrogen-bond acceptors (Lipinski definition) is 3. The Bertz CT molecular complexity index is 1090. The quantitative estimate of drug-likeness (QED) is 0.578. The van der Waals surface area contributed by atoms with Gasteiger partial charge in [-0.3, -0.25) is 14.5 Å². The zero-order chi connectivity index (χ0) is 22.6. The number of alkyl halides is 3. The number of Topliss-reactive ketones (excluding diaryl/α,β-unsaturated/α-hetero) is 1. The Kier molecular flexibility index (Phi) is 5.12. The number of para-hydroxylation sites is 2. The number of halogens is 4. The second kappa shape index (κ2) is 7.41. The maximum absolute atomic E-state index is 13.7. The third-order valence-electron chi connectivity index (χ3n) is 5.55. The summed E-state index contributed by atoms with van der Waals surface area (Å²) in [6.45, 7) is 3.87. The van der Waals surface area contributed by atoms with Crippen LogP contribution in [0.2, 0.25) is 5.02 Å². The van der Waals surface area contributed by atoms with Gasteiger partial charge in [0.15, 0.2) is 5.78 Å². The summed E-state index contributed by atoms with van der Waals surface area (Å²) in [6, 6.07) is 11.2. The molecule has 1 heterocycles. The van der Waals surface area contributed by atoms with E-state index in [0.29, 0.717) is 33.3 Å². The molecule has 2 aliphatic rings. The highest BCUT2D eigenvalue weighted by Gasteiger charge is 2.50. The third-order valence-corrected chi connectivity index (χ3v) is 5.80. The lowest BCUT2D eigenvalue weighted by atomic mass is 9.73. The molecule has 8 heteroatoms. The Morgan fingerprint density at radius 2 is 1.74 bits per heavy atom. The van der Waals surface area contributed by atoms with Gasteiger partial charge < -0.3 is 5.32 Å². The zero-order valence-electron chi connectivity index (χ0n) is 16.9. The molecule has 1 unspecified atom stereocenters. The van der Waals surface area contributed by atoms with E-state index in [1.165, 1.54) is 18.2 Å². The molecule has 2 aromatic rings. The van der Waals surface area contributed by atoms with Gasteiger partial charge in [-0.1, -0.05) is 49.7 Å². The Morgan fingerprint density at radius 3 is 2.39 bits per heavy atom. The fourth-order valence-electron chi connectivity index (χ4n) is 4.31. The van der Waals surface area contributed by atoms with Gasteiger partial charge in [0.25, 0.3) is 0 Å². The van der Waals surface area contributed by atoms with Gasteiger partial charge in [0.1, 0.15) is 0 Å². The van der Waals surface area contributed by atoms with Crippen LogP contribution in [-0.4, -0.2) is 17.9 Å². The maximum atomic E-state index is 13.7. The van der Waals surface area contributed by atoms with Crippen LogP contribution in [0.1, 0.15) is 38.3 Å². The number of fused-ring (bicyclic) bond motifs is 1. The number of benzene rings is 2. The van der Waals surface area contributed by atoms with Crippen LogP contribution < -0.4 is 10.2 Å². The van der Waals surface area contributed by atoms with Gasteiger partial charge in [0.05, 0.1) is 17.4 Å². The van der Waals surface area contributed by atoms with Crippen LogP contribution in [0.25, 0.3) is 0 Å². The molecule has 0 bridgehead atoms. The van der Waals surface area contributed by atoms with E-state index in [-0.39, 0.29) is 28.9 Å². The molecule has 0 fully saturated rings. The number of nitrogens with one attached hydrogen (secondary N) is 1. The summed E-state index contributed by atoms with van der Waals surface area (Å²) in [4.78, 5) is 26.7. The Balaban J connectivity index is 2.03. The lowest BCUT2D eigenvalue weighted by Gasteiger charge is -2.37. The summed E-state index contributed by atoms with van der Waals surface area (Å²) >= 11 is 5.99. The number of amides is 1. The van der Waals surface area contributed by atoms with Gasteiger partial charge in [-0.25, -0.2) is 0 Å². The molecule has 1 atom stereocenters. The van der Waals surface area contributed by atoms with Crippen LogP contribution >= 0.6 is 11.6 Å². The van der Waals surface area contributed by atoms with E-state index in [0.717, 1.165) is 0 Å². The summed E-state index contributed by atoms with van der Waals surface area (Å²) in [5, 5.41) is 3.56. The molecule has 0 saturated heterocycles. The lowest BCUT2D eigenvalue weighted by Crippen LogP contribution is -2.45. The van der Waals surface area contributed by atoms with Crippen LogP contribution in [0.4, 0.5) is 24.5 Å². The summed E-state index contributed by atoms with van der Waals surface area (Å²) in [5.74, 6) is -2.32. The molecule has 4 nitrogen and oxygen atoms in total. The van der Waals surface area contributed by atoms with Crippen molar-refractivity contribution in [3.8, 4) is 0 Å². The Morgan fingerprint density at radius 1 is 1.10 bits per heavy atom. The van der Waals surface area contributed by atoms with Gasteiger partial charge in [-0.2, -0.15) is 13.2 Å². The van der Waals surface area contributed by atoms with Gasteiger partial charge >= 0.3 is 12.1 Å². The number of allylic oxidation sites excluding steroid dienone is 1. The first kappa shape index (κ1) is 21.4. The minimum absolute atomic E-state index is 0.0600. The van der Waals surface area contributed by atoms with Crippen molar-refractivity contribution in [2.45, 2.75) is 38.9 Å². The molecule has 0 radical (unpaired) electrons. The molecule has 31 heavy (non-hydrogen) atoms. The number of carbonyl (C=O) groups is 2. The molecule has 1 N–H and O–H groups in total. The minimum atomic E-state index is -5.13. The highest BCUT2D eigenvalue weighted by atomic mass is 35.5. The molecule has 2 aromatic carbocycles. The lowest BCUT2D eigenvalue weighted by molar-refractivity contribution is -0.170. The minimum Gasteiger partial charge on any atom is -0.357 e. The van der Waals surface area contributed by atoms with E-state index < -0.39 is 18.1 Å². The summed E-state index contributed by atoms with van der Waals surface area (Å²) in [5.41, 5.74) is 1.12. The molecule has 1 aliphatic heterocycles. The van der Waals surface area contributed by atoms with Crippen molar-refractivity contribution >= 4 is 34.7 Å². The molecular formula is C23H20ClF3N2O2. The van der Waals surface area contributed by atoms with E-state index in [1.54, 1.807) is 30.3 Å². The monoisotopic (exact) mass is 448 g/mol. The molecule has 162 valence electrons. The molecule has 0 aromatic heterocycles. The fourth-order valence-corrected chi connectivity index (χ4v) is 4.43. The van der Waals surface area contributed by atoms with Gasteiger partial charge in [0, 0.05) is 22.7 Å². The highest BCUT2D eigenvalue weighted by molar-refractivity contribution is 6.30. The van der Waals surface area contributed by atoms with Crippen LogP contribution in [0.5, 0.6) is 0 Å². The summed E-state index contributed by atoms with van der Waals surface area (Å²) in [6.07, 6.45) is -4.50. The smallest absolute Gasteiger partial charge is 0.357 e. The number of nitrogens with zero attached hydrogens (tertiary/aromatic N) is 1. The number of anilines is 2. The number of carbonyl (C=O) groups excluding carboxylic acids is 2. The molecule has 0 spiro atoms. The Hall–Kier alpha value is -2.80. The van der Waals surface area contributed by atoms with Crippen molar-refractivity contribution in [3.63, 3.8) is 0 Å². The second-order valence-electron chi connectivity index (χ2n) is 8.60. The highest BCUT2D eigenvalue weighted by Crippen LogP contribution is 2.49. The SMILES string of the molecule is CC1(C)CC(=O)C2=C(C1)Nc1ccccc1N(C(=O)C(F)(F)F)C2c1ccc(Cl)cc1. The maximum Gasteiger partial charge on any atom is 0.471 e. The van der Waals surface area contributed by atoms with Crippen LogP contribution in [0, 0.1) is 5.41 Å². The van der Waals surface area contributed by atoms with E-state index in [2.05, 4.69) is 5.32 Å². The average Bonchev–Trinajstić information content (AvgIpc) is 2.80. The molecule has 4 rings (SSSR count). The van der Waals surface area contributed by atoms with Crippen molar-refractivity contribution < 1.29 is 22.8 Å². The van der Waals surface area contributed by atoms with Gasteiger partial charge in [-0.15, -0.1) is 0 Å². The summed E-state index contributed by atoms with van der Waals surface area (Å²) in [7, 11) is 0. The number of rotatable bonds is 1. The average molecular weight is 449 g/mol. The van der Waals surface area contributed by atoms with Crippen LogP contribution in [-0.2, 0) is 9.59 Å². The van der Waals surface area contributed by atoms with Gasteiger partial charge in [0.2, 0.25) is 0 Å². The standard InChI is InChI=1S/C23H20ClF3N2O2/c1-22(2)11-16-19(18(30)12-22)20(13-7-9-14(24)10-8-13)29(21(31)23(25,26)27)17-6-4-3-5-15(17)28-16/h3-10,20,28H,11-12H2,1-2H3.